The lowest BCUT2D eigenvalue weighted by atomic mass is 10.2. The third kappa shape index (κ3) is 5.33. The number of amides is 2. The molecular formula is C12H14NO6-. The standard InChI is InChI=1S/C12H15NO6/c14-9-5-6-10(15)13(9)7-8-19-12(18)4-2-1-3-11(16)17/h5-6H,1-4,7-8H2,(H,16,17)/p-1. The van der Waals surface area contributed by atoms with Crippen molar-refractivity contribution in [3.63, 3.8) is 0 Å². The lowest BCUT2D eigenvalue weighted by Crippen LogP contribution is -2.33. The van der Waals surface area contributed by atoms with Gasteiger partial charge in [-0.25, -0.2) is 0 Å². The summed E-state index contributed by atoms with van der Waals surface area (Å²) in [6, 6.07) is 0. The van der Waals surface area contributed by atoms with Crippen LogP contribution in [0.5, 0.6) is 0 Å². The van der Waals surface area contributed by atoms with Crippen molar-refractivity contribution in [1.82, 2.24) is 4.90 Å². The molecule has 0 fully saturated rings. The van der Waals surface area contributed by atoms with Gasteiger partial charge in [0, 0.05) is 24.5 Å². The van der Waals surface area contributed by atoms with Crippen molar-refractivity contribution in [1.29, 1.82) is 0 Å². The summed E-state index contributed by atoms with van der Waals surface area (Å²) in [7, 11) is 0. The quantitative estimate of drug-likeness (QED) is 0.310. The van der Waals surface area contributed by atoms with Gasteiger partial charge in [0.2, 0.25) is 0 Å². The van der Waals surface area contributed by atoms with Gasteiger partial charge in [-0.2, -0.15) is 0 Å². The predicted molar refractivity (Wildman–Crippen MR) is 60.3 cm³/mol. The molecule has 0 aliphatic carbocycles. The van der Waals surface area contributed by atoms with Crippen LogP contribution in [0.25, 0.3) is 0 Å². The van der Waals surface area contributed by atoms with Gasteiger partial charge in [0.15, 0.2) is 0 Å². The Labute approximate surface area is 109 Å². The van der Waals surface area contributed by atoms with E-state index in [9.17, 15) is 24.3 Å². The number of carbonyl (C=O) groups is 4. The van der Waals surface area contributed by atoms with E-state index in [0.29, 0.717) is 12.8 Å². The number of unbranched alkanes of at least 4 members (excludes halogenated alkanes) is 1. The number of ether oxygens (including phenoxy) is 1. The summed E-state index contributed by atoms with van der Waals surface area (Å²) in [5.74, 6) is -2.47. The smallest absolute Gasteiger partial charge is 0.305 e. The van der Waals surface area contributed by atoms with Crippen LogP contribution in [-0.4, -0.2) is 41.8 Å². The lowest BCUT2D eigenvalue weighted by molar-refractivity contribution is -0.305. The molecule has 0 aromatic rings. The van der Waals surface area contributed by atoms with Crippen LogP contribution in [0.15, 0.2) is 12.2 Å². The maximum atomic E-state index is 11.2. The van der Waals surface area contributed by atoms with Gasteiger partial charge in [-0.15, -0.1) is 0 Å². The van der Waals surface area contributed by atoms with Crippen molar-refractivity contribution in [3.8, 4) is 0 Å². The molecule has 7 heteroatoms. The number of nitrogens with zero attached hydrogens (tertiary/aromatic N) is 1. The van der Waals surface area contributed by atoms with Crippen LogP contribution in [0, 0.1) is 0 Å². The molecule has 0 aromatic carbocycles. The fourth-order valence-electron chi connectivity index (χ4n) is 1.51. The summed E-state index contributed by atoms with van der Waals surface area (Å²) < 4.78 is 4.83. The third-order valence-corrected chi connectivity index (χ3v) is 2.49. The van der Waals surface area contributed by atoms with Crippen LogP contribution >= 0.6 is 0 Å². The van der Waals surface area contributed by atoms with E-state index in [1.165, 1.54) is 0 Å². The number of carbonyl (C=O) groups excluding carboxylic acids is 4. The average molecular weight is 268 g/mol. The first-order valence-electron chi connectivity index (χ1n) is 5.89. The fourth-order valence-corrected chi connectivity index (χ4v) is 1.51. The first kappa shape index (κ1) is 14.9. The molecule has 1 rings (SSSR count). The molecule has 0 aromatic heterocycles. The maximum Gasteiger partial charge on any atom is 0.305 e. The summed E-state index contributed by atoms with van der Waals surface area (Å²) in [5.41, 5.74) is 0. The monoisotopic (exact) mass is 268 g/mol. The Bertz CT molecular complexity index is 396. The third-order valence-electron chi connectivity index (χ3n) is 2.49. The van der Waals surface area contributed by atoms with Gasteiger partial charge in [-0.05, 0) is 19.3 Å². The number of carboxylic acid groups (broad SMARTS) is 1. The van der Waals surface area contributed by atoms with E-state index in [1.807, 2.05) is 0 Å². The summed E-state index contributed by atoms with van der Waals surface area (Å²) in [5, 5.41) is 10.1. The van der Waals surface area contributed by atoms with Crippen molar-refractivity contribution < 1.29 is 29.0 Å². The minimum absolute atomic E-state index is 0.0233. The molecule has 19 heavy (non-hydrogen) atoms. The molecule has 0 unspecified atom stereocenters. The summed E-state index contributed by atoms with van der Waals surface area (Å²) in [4.78, 5) is 44.6. The summed E-state index contributed by atoms with van der Waals surface area (Å²) >= 11 is 0. The number of hydrogen-bond acceptors (Lipinski definition) is 6. The molecule has 104 valence electrons. The van der Waals surface area contributed by atoms with Crippen molar-refractivity contribution in [2.75, 3.05) is 13.2 Å². The zero-order valence-corrected chi connectivity index (χ0v) is 10.3. The van der Waals surface area contributed by atoms with Crippen molar-refractivity contribution >= 4 is 23.8 Å². The highest BCUT2D eigenvalue weighted by Gasteiger charge is 2.22. The van der Waals surface area contributed by atoms with Gasteiger partial charge in [0.1, 0.15) is 6.61 Å². The second-order valence-electron chi connectivity index (χ2n) is 3.96. The van der Waals surface area contributed by atoms with Gasteiger partial charge in [0.05, 0.1) is 6.54 Å². The molecule has 0 saturated heterocycles. The minimum Gasteiger partial charge on any atom is -0.550 e. The molecular weight excluding hydrogens is 254 g/mol. The molecule has 7 nitrogen and oxygen atoms in total. The Hall–Kier alpha value is -2.18. The fraction of sp³-hybridized carbons (Fsp3) is 0.500. The Morgan fingerprint density at radius 2 is 1.68 bits per heavy atom. The number of carboxylic acids is 1. The number of rotatable bonds is 8. The number of hydrogen-bond donors (Lipinski definition) is 0. The topological polar surface area (TPSA) is 104 Å². The highest BCUT2D eigenvalue weighted by Crippen LogP contribution is 2.04. The molecule has 0 bridgehead atoms. The SMILES string of the molecule is O=C([O-])CCCCC(=O)OCCN1C(=O)C=CC1=O. The average Bonchev–Trinajstić information content (AvgIpc) is 2.66. The molecule has 1 aliphatic heterocycles. The van der Waals surface area contributed by atoms with Gasteiger partial charge in [0.25, 0.3) is 11.8 Å². The van der Waals surface area contributed by atoms with E-state index in [0.717, 1.165) is 17.1 Å². The van der Waals surface area contributed by atoms with Gasteiger partial charge in [-0.1, -0.05) is 0 Å². The Balaban J connectivity index is 2.09. The summed E-state index contributed by atoms with van der Waals surface area (Å²) in [6.07, 6.45) is 3.08. The Morgan fingerprint density at radius 3 is 2.26 bits per heavy atom. The normalized spacial score (nSPS) is 14.0. The minimum atomic E-state index is -1.15. The number of aliphatic carboxylic acids is 1. The van der Waals surface area contributed by atoms with E-state index in [4.69, 9.17) is 4.74 Å². The second-order valence-corrected chi connectivity index (χ2v) is 3.96. The van der Waals surface area contributed by atoms with Gasteiger partial charge >= 0.3 is 5.97 Å². The highest BCUT2D eigenvalue weighted by atomic mass is 16.5. The van der Waals surface area contributed by atoms with Crippen LogP contribution < -0.4 is 5.11 Å². The van der Waals surface area contributed by atoms with Crippen LogP contribution in [0.4, 0.5) is 0 Å². The molecule has 0 saturated carbocycles. The number of esters is 1. The molecule has 1 heterocycles. The van der Waals surface area contributed by atoms with Crippen LogP contribution in [0.1, 0.15) is 25.7 Å². The number of imide groups is 1. The van der Waals surface area contributed by atoms with Crippen molar-refractivity contribution in [2.24, 2.45) is 0 Å². The van der Waals surface area contributed by atoms with Crippen LogP contribution in [-0.2, 0) is 23.9 Å². The van der Waals surface area contributed by atoms with Gasteiger partial charge < -0.3 is 14.6 Å². The van der Waals surface area contributed by atoms with Gasteiger partial charge in [-0.3, -0.25) is 19.3 Å². The van der Waals surface area contributed by atoms with E-state index >= 15 is 0 Å². The molecule has 1 aliphatic rings. The Kier molecular flexibility index (Phi) is 5.72. The molecule has 0 atom stereocenters. The van der Waals surface area contributed by atoms with E-state index in [1.54, 1.807) is 0 Å². The Morgan fingerprint density at radius 1 is 1.11 bits per heavy atom. The first-order valence-corrected chi connectivity index (χ1v) is 5.89. The second kappa shape index (κ2) is 7.30. The van der Waals surface area contributed by atoms with E-state index < -0.39 is 23.8 Å². The van der Waals surface area contributed by atoms with Crippen LogP contribution in [0.3, 0.4) is 0 Å². The maximum absolute atomic E-state index is 11.2. The first-order chi connectivity index (χ1) is 9.00. The molecule has 0 N–H and O–H groups in total. The van der Waals surface area contributed by atoms with Crippen molar-refractivity contribution in [3.05, 3.63) is 12.2 Å². The predicted octanol–water partition coefficient (Wildman–Crippen LogP) is -1.24. The van der Waals surface area contributed by atoms with E-state index in [2.05, 4.69) is 0 Å². The highest BCUT2D eigenvalue weighted by molar-refractivity contribution is 6.12. The van der Waals surface area contributed by atoms with Crippen LogP contribution in [0.2, 0.25) is 0 Å². The zero-order chi connectivity index (χ0) is 14.3. The van der Waals surface area contributed by atoms with E-state index in [-0.39, 0.29) is 26.0 Å². The zero-order valence-electron chi connectivity index (χ0n) is 10.3. The largest absolute Gasteiger partial charge is 0.550 e. The summed E-state index contributed by atoms with van der Waals surface area (Å²) in [6.45, 7) is -0.0338. The lowest BCUT2D eigenvalue weighted by Gasteiger charge is -2.13. The molecule has 0 spiro atoms. The molecule has 0 radical (unpaired) electrons. The molecule has 2 amide bonds. The van der Waals surface area contributed by atoms with Crippen molar-refractivity contribution in [2.45, 2.75) is 25.7 Å².